The molecule has 2 aromatic heterocycles. The molecule has 0 radical (unpaired) electrons. The van der Waals surface area contributed by atoms with Gasteiger partial charge in [0.1, 0.15) is 28.5 Å². The van der Waals surface area contributed by atoms with E-state index >= 15 is 0 Å². The maximum absolute atomic E-state index is 12.7. The molecule has 1 saturated heterocycles. The third kappa shape index (κ3) is 5.21. The number of ether oxygens (including phenoxy) is 1. The van der Waals surface area contributed by atoms with E-state index in [9.17, 15) is 24.8 Å². The Kier molecular flexibility index (Phi) is 7.49. The third-order valence-corrected chi connectivity index (χ3v) is 8.94. The molecule has 0 spiro atoms. The van der Waals surface area contributed by atoms with Gasteiger partial charge in [0.2, 0.25) is 0 Å². The van der Waals surface area contributed by atoms with Gasteiger partial charge in [0, 0.05) is 18.2 Å². The Bertz CT molecular complexity index is 1130. The first kappa shape index (κ1) is 26.3. The number of aryl methyl sites for hydroxylation is 1. The first-order valence-corrected chi connectivity index (χ1v) is 12.9. The number of nitrogens with one attached hydrogen (secondary N) is 1. The second kappa shape index (κ2) is 9.39. The number of aliphatic hydroxyl groups excluding tert-OH is 2. The fourth-order valence-electron chi connectivity index (χ4n) is 3.73. The van der Waals surface area contributed by atoms with Crippen molar-refractivity contribution in [2.75, 3.05) is 0 Å². The van der Waals surface area contributed by atoms with Crippen LogP contribution < -0.4 is 0 Å². The molecule has 0 aromatic carbocycles. The zero-order valence-corrected chi connectivity index (χ0v) is 21.1. The molecule has 1 fully saturated rings. The van der Waals surface area contributed by atoms with E-state index in [2.05, 4.69) is 15.0 Å². The molecule has 184 valence electrons. The summed E-state index contributed by atoms with van der Waals surface area (Å²) >= 11 is 5.43. The van der Waals surface area contributed by atoms with Crippen LogP contribution in [0.15, 0.2) is 12.3 Å². The summed E-state index contributed by atoms with van der Waals surface area (Å²) in [6, 6.07) is 1.67. The molecule has 0 saturated carbocycles. The Morgan fingerprint density at radius 1 is 1.27 bits per heavy atom. The van der Waals surface area contributed by atoms with Crippen molar-refractivity contribution in [2.45, 2.75) is 89.2 Å². The van der Waals surface area contributed by atoms with Gasteiger partial charge >= 0.3 is 7.60 Å². The van der Waals surface area contributed by atoms with Crippen molar-refractivity contribution in [1.29, 1.82) is 0 Å². The number of aromatic nitrogens is 3. The Hall–Kier alpha value is -1.30. The minimum Gasteiger partial charge on any atom is -0.388 e. The van der Waals surface area contributed by atoms with Gasteiger partial charge in [-0.2, -0.15) is 0 Å². The number of rotatable bonds is 8. The van der Waals surface area contributed by atoms with Crippen LogP contribution in [0.3, 0.4) is 0 Å². The van der Waals surface area contributed by atoms with E-state index in [1.807, 2.05) is 0 Å². The smallest absolute Gasteiger partial charge is 0.359 e. The zero-order chi connectivity index (χ0) is 24.8. The first-order valence-electron chi connectivity index (χ1n) is 10.9. The second-order valence-corrected chi connectivity index (χ2v) is 11.7. The highest BCUT2D eigenvalue weighted by Gasteiger charge is 2.50. The highest BCUT2D eigenvalue weighted by Crippen LogP contribution is 2.59. The molecule has 12 heteroatoms. The summed E-state index contributed by atoms with van der Waals surface area (Å²) in [6.07, 6.45) is -2.49. The lowest BCUT2D eigenvalue weighted by atomic mass is 9.92. The highest BCUT2D eigenvalue weighted by molar-refractivity contribution is 7.71. The lowest BCUT2D eigenvalue weighted by molar-refractivity contribution is -0.0531. The Morgan fingerprint density at radius 2 is 1.94 bits per heavy atom. The predicted octanol–water partition coefficient (Wildman–Crippen LogP) is 3.04. The fourth-order valence-corrected chi connectivity index (χ4v) is 5.40. The molecule has 2 aromatic rings. The maximum atomic E-state index is 12.7. The van der Waals surface area contributed by atoms with Crippen LogP contribution in [0.1, 0.15) is 64.3 Å². The van der Waals surface area contributed by atoms with Gasteiger partial charge in [0.05, 0.1) is 17.4 Å². The number of hydrogen-bond donors (Lipinski definition) is 5. The first-order chi connectivity index (χ1) is 15.2. The van der Waals surface area contributed by atoms with Crippen LogP contribution >= 0.6 is 19.8 Å². The molecule has 1 aliphatic rings. The van der Waals surface area contributed by atoms with Crippen LogP contribution in [0.4, 0.5) is 0 Å². The van der Waals surface area contributed by atoms with E-state index in [-0.39, 0.29) is 12.8 Å². The number of fused-ring (bicyclic) bond motifs is 1. The van der Waals surface area contributed by atoms with Gasteiger partial charge < -0.3 is 34.5 Å². The molecule has 0 amide bonds. The van der Waals surface area contributed by atoms with Crippen molar-refractivity contribution in [3.8, 4) is 0 Å². The quantitative estimate of drug-likeness (QED) is 0.269. The zero-order valence-electron chi connectivity index (χ0n) is 19.3. The summed E-state index contributed by atoms with van der Waals surface area (Å²) in [6.45, 7) is 8.00. The van der Waals surface area contributed by atoms with Crippen LogP contribution in [0.25, 0.3) is 11.2 Å². The summed E-state index contributed by atoms with van der Waals surface area (Å²) in [5.74, 6) is 0. The third-order valence-electron chi connectivity index (χ3n) is 6.38. The Labute approximate surface area is 197 Å². The normalized spacial score (nSPS) is 28.9. The average Bonchev–Trinajstić information content (AvgIpc) is 3.00. The topological polar surface area (TPSA) is 158 Å². The van der Waals surface area contributed by atoms with Gasteiger partial charge in [-0.3, -0.25) is 9.55 Å². The fraction of sp³-hybridized carbons (Fsp3) is 0.667. The van der Waals surface area contributed by atoms with E-state index in [1.165, 1.54) is 6.92 Å². The standard InChI is InChI=1S/C21H32N3O7PS/c1-6-20(4,31-32(28,29)21(5,27)7-2)9-14-15(25)16(26)17(30-14)12-8-13-18(24-19(12)33)23-11(3)10-22-13/h8,10,14-17,25-27H,6-7,9H2,1-5H3,(H,28,29)(H,23,24,33)/t14-,15?,16+,17+,20?,21?/m1/s1. The van der Waals surface area contributed by atoms with E-state index in [1.54, 1.807) is 40.0 Å². The molecule has 0 aliphatic carbocycles. The maximum Gasteiger partial charge on any atom is 0.359 e. The van der Waals surface area contributed by atoms with Gasteiger partial charge in [-0.15, -0.1) is 0 Å². The van der Waals surface area contributed by atoms with Gasteiger partial charge in [-0.05, 0) is 39.7 Å². The van der Waals surface area contributed by atoms with Crippen LogP contribution in [0.2, 0.25) is 0 Å². The molecule has 3 heterocycles. The van der Waals surface area contributed by atoms with E-state index in [0.717, 1.165) is 5.69 Å². The molecular weight excluding hydrogens is 469 g/mol. The lowest BCUT2D eigenvalue weighted by Gasteiger charge is -2.37. The lowest BCUT2D eigenvalue weighted by Crippen LogP contribution is -2.40. The van der Waals surface area contributed by atoms with Crippen LogP contribution in [-0.4, -0.2) is 64.4 Å². The monoisotopic (exact) mass is 501 g/mol. The van der Waals surface area contributed by atoms with Crippen molar-refractivity contribution in [1.82, 2.24) is 15.0 Å². The molecule has 7 atom stereocenters. The SMILES string of the molecule is CCC(C)(C[C@H]1O[C@@H](c2cc3ncc(C)nc3[nH]c2=S)[C@@H](O)C1O)OP(=O)(O)C(C)(O)CC. The van der Waals surface area contributed by atoms with Crippen LogP contribution in [-0.2, 0) is 13.8 Å². The van der Waals surface area contributed by atoms with E-state index in [0.29, 0.717) is 27.8 Å². The average molecular weight is 502 g/mol. The molecule has 1 aliphatic heterocycles. The molecule has 33 heavy (non-hydrogen) atoms. The molecule has 4 unspecified atom stereocenters. The predicted molar refractivity (Wildman–Crippen MR) is 124 cm³/mol. The summed E-state index contributed by atoms with van der Waals surface area (Å²) in [5, 5.41) is 29.8. The van der Waals surface area contributed by atoms with Crippen LogP contribution in [0, 0.1) is 11.6 Å². The van der Waals surface area contributed by atoms with Gasteiger partial charge in [-0.1, -0.05) is 26.1 Å². The summed E-state index contributed by atoms with van der Waals surface area (Å²) in [5.41, 5.74) is 0.991. The summed E-state index contributed by atoms with van der Waals surface area (Å²) in [4.78, 5) is 22.0. The minimum absolute atomic E-state index is 0.00558. The number of pyridine rings is 1. The number of H-pyrrole nitrogens is 1. The molecule has 0 bridgehead atoms. The van der Waals surface area contributed by atoms with Gasteiger partial charge in [0.15, 0.2) is 11.0 Å². The Balaban J connectivity index is 1.86. The highest BCUT2D eigenvalue weighted by atomic mass is 32.1. The molecule has 3 rings (SSSR count). The molecule has 10 nitrogen and oxygen atoms in total. The number of aliphatic hydroxyl groups is 3. The summed E-state index contributed by atoms with van der Waals surface area (Å²) < 4.78 is 24.6. The van der Waals surface area contributed by atoms with E-state index < -0.39 is 43.0 Å². The number of hydrogen-bond acceptors (Lipinski definition) is 9. The Morgan fingerprint density at radius 3 is 2.55 bits per heavy atom. The number of aromatic amines is 1. The van der Waals surface area contributed by atoms with Crippen molar-refractivity contribution >= 4 is 31.0 Å². The van der Waals surface area contributed by atoms with Crippen molar-refractivity contribution < 1.29 is 34.0 Å². The van der Waals surface area contributed by atoms with E-state index in [4.69, 9.17) is 21.5 Å². The van der Waals surface area contributed by atoms with Crippen molar-refractivity contribution in [2.24, 2.45) is 0 Å². The summed E-state index contributed by atoms with van der Waals surface area (Å²) in [7, 11) is -4.42. The minimum atomic E-state index is -4.42. The van der Waals surface area contributed by atoms with Gasteiger partial charge in [-0.25, -0.2) is 4.98 Å². The van der Waals surface area contributed by atoms with Gasteiger partial charge in [0.25, 0.3) is 0 Å². The molecular formula is C21H32N3O7PS. The largest absolute Gasteiger partial charge is 0.388 e. The van der Waals surface area contributed by atoms with Crippen LogP contribution in [0.5, 0.6) is 0 Å². The second-order valence-electron chi connectivity index (χ2n) is 9.07. The van der Waals surface area contributed by atoms with Crippen molar-refractivity contribution in [3.05, 3.63) is 28.2 Å². The molecule has 5 N–H and O–H groups in total. The number of nitrogens with zero attached hydrogens (tertiary/aromatic N) is 2. The van der Waals surface area contributed by atoms with Crippen molar-refractivity contribution in [3.63, 3.8) is 0 Å².